The molecule has 0 amide bonds. The second-order valence-corrected chi connectivity index (χ2v) is 7.52. The van der Waals surface area contributed by atoms with E-state index in [0.29, 0.717) is 17.0 Å². The molecule has 0 aliphatic carbocycles. The second-order valence-electron chi connectivity index (χ2n) is 6.64. The van der Waals surface area contributed by atoms with Crippen LogP contribution in [0, 0.1) is 13.8 Å². The molecule has 140 valence electrons. The van der Waals surface area contributed by atoms with Gasteiger partial charge in [0.05, 0.1) is 5.39 Å². The highest BCUT2D eigenvalue weighted by Crippen LogP contribution is 2.27. The van der Waals surface area contributed by atoms with E-state index in [0.717, 1.165) is 22.4 Å². The number of nitrogens with zero attached hydrogens (tertiary/aromatic N) is 2. The molecule has 2 heterocycles. The van der Waals surface area contributed by atoms with Crippen LogP contribution < -0.4 is 10.9 Å². The molecule has 5 nitrogen and oxygen atoms in total. The van der Waals surface area contributed by atoms with Crippen LogP contribution in [0.25, 0.3) is 22.2 Å². The number of H-pyrrole nitrogens is 1. The monoisotopic (exact) mass is 388 g/mol. The Morgan fingerprint density at radius 2 is 1.82 bits per heavy atom. The number of benzene rings is 2. The zero-order chi connectivity index (χ0) is 19.7. The Kier molecular flexibility index (Phi) is 4.88. The van der Waals surface area contributed by atoms with Crippen LogP contribution in [0.2, 0.25) is 0 Å². The van der Waals surface area contributed by atoms with Crippen LogP contribution in [0.15, 0.2) is 64.4 Å². The van der Waals surface area contributed by atoms with Gasteiger partial charge in [-0.1, -0.05) is 29.8 Å². The Morgan fingerprint density at radius 1 is 1.04 bits per heavy atom. The molecule has 4 aromatic rings. The van der Waals surface area contributed by atoms with Gasteiger partial charge in [-0.15, -0.1) is 11.8 Å². The van der Waals surface area contributed by atoms with Crippen molar-refractivity contribution in [1.82, 2.24) is 15.0 Å². The third kappa shape index (κ3) is 3.51. The third-order valence-corrected chi connectivity index (χ3v) is 5.39. The predicted molar refractivity (Wildman–Crippen MR) is 117 cm³/mol. The van der Waals surface area contributed by atoms with Crippen molar-refractivity contribution in [3.63, 3.8) is 0 Å². The van der Waals surface area contributed by atoms with Gasteiger partial charge in [-0.05, 0) is 61.1 Å². The molecule has 0 aliphatic heterocycles. The summed E-state index contributed by atoms with van der Waals surface area (Å²) in [6, 6.07) is 16.0. The number of aromatic nitrogens is 3. The molecule has 0 bridgehead atoms. The molecule has 4 rings (SSSR count). The lowest BCUT2D eigenvalue weighted by Crippen LogP contribution is -2.13. The first-order chi connectivity index (χ1) is 13.5. The van der Waals surface area contributed by atoms with Gasteiger partial charge in [0.2, 0.25) is 5.95 Å². The van der Waals surface area contributed by atoms with Gasteiger partial charge in [-0.2, -0.15) is 4.98 Å². The molecular formula is C22H20N4OS. The normalized spacial score (nSPS) is 11.0. The minimum absolute atomic E-state index is 0.214. The quantitative estimate of drug-likeness (QED) is 0.478. The molecule has 2 aromatic carbocycles. The predicted octanol–water partition coefficient (Wildman–Crippen LogP) is 5.07. The number of rotatable bonds is 4. The number of fused-ring (bicyclic) bond motifs is 1. The highest BCUT2D eigenvalue weighted by molar-refractivity contribution is 7.98. The summed E-state index contributed by atoms with van der Waals surface area (Å²) >= 11 is 1.68. The Morgan fingerprint density at radius 3 is 2.54 bits per heavy atom. The first-order valence-corrected chi connectivity index (χ1v) is 10.2. The van der Waals surface area contributed by atoms with E-state index in [1.165, 1.54) is 10.5 Å². The van der Waals surface area contributed by atoms with Gasteiger partial charge in [0.1, 0.15) is 0 Å². The minimum Gasteiger partial charge on any atom is -0.325 e. The maximum absolute atomic E-state index is 12.9. The zero-order valence-corrected chi connectivity index (χ0v) is 16.7. The number of thioether (sulfide) groups is 1. The van der Waals surface area contributed by atoms with Crippen LogP contribution in [-0.2, 0) is 0 Å². The summed E-state index contributed by atoms with van der Waals surface area (Å²) in [6.07, 6.45) is 3.73. The average molecular weight is 388 g/mol. The van der Waals surface area contributed by atoms with E-state index in [1.54, 1.807) is 18.0 Å². The number of hydrogen-bond acceptors (Lipinski definition) is 5. The highest BCUT2D eigenvalue weighted by Gasteiger charge is 2.12. The number of nitrogens with one attached hydrogen (secondary N) is 2. The van der Waals surface area contributed by atoms with E-state index in [-0.39, 0.29) is 5.56 Å². The van der Waals surface area contributed by atoms with Gasteiger partial charge in [-0.25, -0.2) is 4.98 Å². The van der Waals surface area contributed by atoms with Crippen molar-refractivity contribution in [1.29, 1.82) is 0 Å². The molecule has 2 aromatic heterocycles. The lowest BCUT2D eigenvalue weighted by Gasteiger charge is -2.11. The molecule has 0 aliphatic rings. The molecule has 0 atom stereocenters. The van der Waals surface area contributed by atoms with E-state index in [1.807, 2.05) is 62.6 Å². The Balaban J connectivity index is 1.78. The first kappa shape index (κ1) is 18.3. The van der Waals surface area contributed by atoms with Gasteiger partial charge in [0, 0.05) is 16.8 Å². The maximum atomic E-state index is 12.9. The lowest BCUT2D eigenvalue weighted by molar-refractivity contribution is 1.14. The minimum atomic E-state index is -0.214. The van der Waals surface area contributed by atoms with Crippen molar-refractivity contribution in [2.24, 2.45) is 0 Å². The van der Waals surface area contributed by atoms with Crippen molar-refractivity contribution in [2.75, 3.05) is 11.6 Å². The standard InChI is InChI=1S/C22H20N4OS/c1-13-4-9-18(14(2)12-13)24-22-25-20-19(21(27)26-22)17(10-11-23-20)15-5-7-16(28-3)8-6-15/h4-12H,1-3H3,(H2,23,24,25,26,27). The molecule has 0 radical (unpaired) electrons. The van der Waals surface area contributed by atoms with Gasteiger partial charge in [0.25, 0.3) is 5.56 Å². The van der Waals surface area contributed by atoms with Crippen molar-refractivity contribution in [3.8, 4) is 11.1 Å². The van der Waals surface area contributed by atoms with Gasteiger partial charge >= 0.3 is 0 Å². The molecule has 0 saturated carbocycles. The smallest absolute Gasteiger partial charge is 0.262 e. The summed E-state index contributed by atoms with van der Waals surface area (Å²) in [6.45, 7) is 4.06. The molecule has 0 saturated heterocycles. The fourth-order valence-electron chi connectivity index (χ4n) is 3.22. The Bertz CT molecular complexity index is 1220. The molecule has 28 heavy (non-hydrogen) atoms. The van der Waals surface area contributed by atoms with Crippen molar-refractivity contribution in [3.05, 3.63) is 76.2 Å². The molecule has 0 unspecified atom stereocenters. The van der Waals surface area contributed by atoms with E-state index >= 15 is 0 Å². The summed E-state index contributed by atoms with van der Waals surface area (Å²) in [5, 5.41) is 3.69. The number of anilines is 2. The van der Waals surface area contributed by atoms with E-state index in [2.05, 4.69) is 26.3 Å². The summed E-state index contributed by atoms with van der Waals surface area (Å²) in [5.41, 5.74) is 5.16. The SMILES string of the molecule is CSc1ccc(-c2ccnc3nc(Nc4ccc(C)cc4C)[nH]c(=O)c23)cc1. The fourth-order valence-corrected chi connectivity index (χ4v) is 3.62. The number of aryl methyl sites for hydroxylation is 2. The summed E-state index contributed by atoms with van der Waals surface area (Å²) in [5.74, 6) is 0.381. The van der Waals surface area contributed by atoms with Crippen LogP contribution in [-0.4, -0.2) is 21.2 Å². The highest BCUT2D eigenvalue weighted by atomic mass is 32.2. The summed E-state index contributed by atoms with van der Waals surface area (Å²) < 4.78 is 0. The van der Waals surface area contributed by atoms with Gasteiger partial charge in [-0.3, -0.25) is 9.78 Å². The van der Waals surface area contributed by atoms with Crippen molar-refractivity contribution < 1.29 is 0 Å². The average Bonchev–Trinajstić information content (AvgIpc) is 2.70. The number of aromatic amines is 1. The third-order valence-electron chi connectivity index (χ3n) is 4.64. The molecule has 2 N–H and O–H groups in total. The molecule has 6 heteroatoms. The second kappa shape index (κ2) is 7.48. The van der Waals surface area contributed by atoms with Crippen molar-refractivity contribution >= 4 is 34.4 Å². The lowest BCUT2D eigenvalue weighted by atomic mass is 10.0. The molecule has 0 fully saturated rings. The van der Waals surface area contributed by atoms with E-state index in [4.69, 9.17) is 0 Å². The fraction of sp³-hybridized carbons (Fsp3) is 0.136. The van der Waals surface area contributed by atoms with Crippen molar-refractivity contribution in [2.45, 2.75) is 18.7 Å². The van der Waals surface area contributed by atoms with Gasteiger partial charge in [0.15, 0.2) is 5.65 Å². The first-order valence-electron chi connectivity index (χ1n) is 8.93. The molecular weight excluding hydrogens is 368 g/mol. The maximum Gasteiger partial charge on any atom is 0.262 e. The van der Waals surface area contributed by atoms with Crippen LogP contribution in [0.3, 0.4) is 0 Å². The van der Waals surface area contributed by atoms with Crippen LogP contribution in [0.4, 0.5) is 11.6 Å². The Labute approximate surface area is 167 Å². The summed E-state index contributed by atoms with van der Waals surface area (Å²) in [7, 11) is 0. The van der Waals surface area contributed by atoms with Gasteiger partial charge < -0.3 is 5.32 Å². The zero-order valence-electron chi connectivity index (χ0n) is 15.9. The number of hydrogen-bond donors (Lipinski definition) is 2. The van der Waals surface area contributed by atoms with Crippen LogP contribution >= 0.6 is 11.8 Å². The van der Waals surface area contributed by atoms with Crippen LogP contribution in [0.5, 0.6) is 0 Å². The molecule has 0 spiro atoms. The van der Waals surface area contributed by atoms with E-state index in [9.17, 15) is 4.79 Å². The largest absolute Gasteiger partial charge is 0.325 e. The van der Waals surface area contributed by atoms with Crippen LogP contribution in [0.1, 0.15) is 11.1 Å². The number of pyridine rings is 1. The summed E-state index contributed by atoms with van der Waals surface area (Å²) in [4.78, 5) is 25.8. The van der Waals surface area contributed by atoms with E-state index < -0.39 is 0 Å². The topological polar surface area (TPSA) is 70.7 Å². The Hall–Kier alpha value is -3.12.